The minimum absolute atomic E-state index is 0.00879. The van der Waals surface area contributed by atoms with E-state index in [-0.39, 0.29) is 46.9 Å². The maximum Gasteiger partial charge on any atom is 0.481 e. The number of nitrogens with zero attached hydrogens (tertiary/aromatic N) is 3. The van der Waals surface area contributed by atoms with E-state index in [9.17, 15) is 62.7 Å². The van der Waals surface area contributed by atoms with Crippen LogP contribution in [-0.2, 0) is 55.5 Å². The zero-order valence-electron chi connectivity index (χ0n) is 34.5. The van der Waals surface area contributed by atoms with E-state index in [1.54, 1.807) is 17.8 Å². The van der Waals surface area contributed by atoms with E-state index in [2.05, 4.69) is 41.3 Å². The number of rotatable bonds is 30. The van der Waals surface area contributed by atoms with Gasteiger partial charge >= 0.3 is 29.1 Å². The van der Waals surface area contributed by atoms with Crippen molar-refractivity contribution >= 4 is 87.1 Å². The minimum Gasteiger partial charge on any atom is -0.384 e. The highest BCUT2D eigenvalue weighted by Crippen LogP contribution is 2.61. The lowest BCUT2D eigenvalue weighted by Crippen LogP contribution is -2.46. The Hall–Kier alpha value is -2.52. The van der Waals surface area contributed by atoms with Crippen molar-refractivity contribution < 1.29 is 89.8 Å². The fourth-order valence-electron chi connectivity index (χ4n) is 5.79. The number of carbonyl (C=O) groups excluding carboxylic acids is 4. The number of phosphoric ester groups is 3. The number of phosphoric acid groups is 3. The molecule has 2 aromatic heterocycles. The largest absolute Gasteiger partial charge is 0.481 e. The summed E-state index contributed by atoms with van der Waals surface area (Å²) in [6, 6.07) is 0. The predicted octanol–water partition coefficient (Wildman–Crippen LogP) is 0.911. The number of hydrogen-bond acceptors (Lipinski definition) is 20. The lowest BCUT2D eigenvalue weighted by atomic mass is 9.88. The van der Waals surface area contributed by atoms with Crippen LogP contribution < -0.4 is 20.9 Å². The van der Waals surface area contributed by atoms with Crippen molar-refractivity contribution in [1.29, 1.82) is 0 Å². The van der Waals surface area contributed by atoms with E-state index < -0.39 is 84.6 Å². The predicted molar refractivity (Wildman–Crippen MR) is 226 cm³/mol. The third-order valence-electron chi connectivity index (χ3n) is 8.94. The Morgan fingerprint density at radius 1 is 1.11 bits per heavy atom. The van der Waals surface area contributed by atoms with Gasteiger partial charge in [0.15, 0.2) is 30.5 Å². The van der Waals surface area contributed by atoms with Crippen molar-refractivity contribution in [1.82, 2.24) is 25.6 Å². The quantitative estimate of drug-likeness (QED) is 0.0130. The molecule has 0 spiro atoms. The first kappa shape index (κ1) is 54.8. The van der Waals surface area contributed by atoms with Crippen LogP contribution in [0.15, 0.2) is 24.8 Å². The second kappa shape index (κ2) is 25.4. The van der Waals surface area contributed by atoms with Gasteiger partial charge in [0, 0.05) is 36.3 Å². The Bertz CT molecular complexity index is 2030. The summed E-state index contributed by atoms with van der Waals surface area (Å²) in [5.41, 5.74) is 4.36. The molecule has 3 rings (SSSR count). The van der Waals surface area contributed by atoms with Crippen LogP contribution in [0.5, 0.6) is 0 Å². The van der Waals surface area contributed by atoms with Gasteiger partial charge < -0.3 is 50.4 Å². The Morgan fingerprint density at radius 3 is 2.51 bits per heavy atom. The summed E-state index contributed by atoms with van der Waals surface area (Å²) in [6.45, 7) is 2.45. The number of carbonyl (C=O) groups is 4. The van der Waals surface area contributed by atoms with Gasteiger partial charge in [-0.2, -0.15) is 21.1 Å². The number of nitrogens with one attached hydrogen (secondary N) is 3. The number of aldehydes is 1. The number of aromatic nitrogens is 4. The number of allylic oxidation sites excluding steroid dienone is 1. The first-order valence-electron chi connectivity index (χ1n) is 19.3. The fraction of sp³-hybridized carbons (Fsp3) is 0.667. The standard InChI is InChI=1S/C33H54N7O18P3S2/c1-4-5-6-8-21(62-16-14-41)9-7-10-24(43)63-15-13-35-23(42)11-12-36-31(46)28(45)33(2,3)18-55-61(52,53)58-60(50,51)54-17-22-27(57-59(47,48)49)26(44)32(56-22)40-20-39-25-29(34)37-19-38-30(25)40/h7,10,14,19-22,26-27,31-32,36,44,46H,4-6,8-9,11-13,15-18H2,1-3H3,(H7,34,35,37,38,42,47,48,49,50,51,52,53)/p+1/b10-7+/t21-,22+,26+,27+,31?,32+/m0/s1. The van der Waals surface area contributed by atoms with E-state index in [0.717, 1.165) is 50.1 Å². The van der Waals surface area contributed by atoms with Crippen molar-refractivity contribution in [3.05, 3.63) is 24.8 Å². The number of hydrogen-bond donors (Lipinski definition) is 10. The molecule has 0 radical (unpaired) electrons. The van der Waals surface area contributed by atoms with Gasteiger partial charge in [-0.05, 0) is 18.9 Å². The Labute approximate surface area is 370 Å². The molecule has 1 fully saturated rings. The van der Waals surface area contributed by atoms with Gasteiger partial charge in [-0.1, -0.05) is 62.9 Å². The number of aliphatic hydroxyl groups is 2. The summed E-state index contributed by atoms with van der Waals surface area (Å²) >= 11 is 2.58. The molecule has 1 saturated heterocycles. The molecule has 2 aromatic rings. The van der Waals surface area contributed by atoms with Crippen LogP contribution in [0.25, 0.3) is 11.2 Å². The molecule has 3 unspecified atom stereocenters. The number of aliphatic hydroxyl groups excluding tert-OH is 2. The van der Waals surface area contributed by atoms with Crippen LogP contribution in [0.3, 0.4) is 0 Å². The van der Waals surface area contributed by atoms with Gasteiger partial charge in [0.25, 0.3) is 0 Å². The van der Waals surface area contributed by atoms with Gasteiger partial charge in [0.1, 0.15) is 24.6 Å². The maximum absolute atomic E-state index is 12.9. The molecule has 30 heteroatoms. The minimum atomic E-state index is -5.58. The molecule has 0 aromatic carbocycles. The average molecular weight is 995 g/mol. The van der Waals surface area contributed by atoms with Gasteiger partial charge in [-0.3, -0.25) is 38.3 Å². The first-order valence-corrected chi connectivity index (χ1v) is 25.9. The van der Waals surface area contributed by atoms with Crippen molar-refractivity contribution in [2.24, 2.45) is 5.41 Å². The van der Waals surface area contributed by atoms with Crippen molar-refractivity contribution in [3.8, 4) is 0 Å². The van der Waals surface area contributed by atoms with Crippen LogP contribution in [0, 0.1) is 5.41 Å². The number of amides is 1. The molecule has 11 N–H and O–H groups in total. The van der Waals surface area contributed by atoms with E-state index in [1.165, 1.54) is 30.8 Å². The zero-order chi connectivity index (χ0) is 47.0. The Kier molecular flexibility index (Phi) is 22.1. The number of Topliss-reactive ketones (excluding diaryl/α,β-unsaturated/α-hetero) is 1. The summed E-state index contributed by atoms with van der Waals surface area (Å²) < 4.78 is 62.4. The van der Waals surface area contributed by atoms with Gasteiger partial charge in [0.05, 0.1) is 18.6 Å². The molecule has 1 aliphatic rings. The number of ketones is 1. The molecule has 63 heavy (non-hydrogen) atoms. The second-order valence-corrected chi connectivity index (χ2v) is 21.1. The summed E-state index contributed by atoms with van der Waals surface area (Å²) in [5.74, 6) is -0.708. The average Bonchev–Trinajstić information content (AvgIpc) is 3.76. The third-order valence-corrected chi connectivity index (χ3v) is 14.1. The number of thioether (sulfide) groups is 2. The van der Waals surface area contributed by atoms with Crippen molar-refractivity contribution in [3.63, 3.8) is 0 Å². The summed E-state index contributed by atoms with van der Waals surface area (Å²) in [5, 5.41) is 26.4. The molecule has 25 nitrogen and oxygen atoms in total. The number of unbranched alkanes of at least 4 members (excludes halogenated alkanes) is 2. The number of aromatic amines is 1. The fourth-order valence-corrected chi connectivity index (χ4v) is 10.1. The van der Waals surface area contributed by atoms with Gasteiger partial charge in [-0.15, -0.1) is 0 Å². The van der Waals surface area contributed by atoms with Crippen LogP contribution in [-0.4, -0.2) is 135 Å². The number of anilines is 1. The number of ether oxygens (including phenoxy) is 1. The van der Waals surface area contributed by atoms with Crippen LogP contribution in [0.2, 0.25) is 0 Å². The van der Waals surface area contributed by atoms with E-state index in [0.29, 0.717) is 17.9 Å². The molecule has 8 atom stereocenters. The van der Waals surface area contributed by atoms with Crippen molar-refractivity contribution in [2.45, 2.75) is 95.3 Å². The van der Waals surface area contributed by atoms with E-state index in [4.69, 9.17) is 19.5 Å². The smallest absolute Gasteiger partial charge is 0.384 e. The molecule has 0 saturated carbocycles. The summed E-state index contributed by atoms with van der Waals surface area (Å²) in [4.78, 5) is 98.0. The molecule has 0 aliphatic carbocycles. The van der Waals surface area contributed by atoms with Crippen LogP contribution in [0.4, 0.5) is 5.82 Å². The van der Waals surface area contributed by atoms with Crippen molar-refractivity contribution in [2.75, 3.05) is 43.5 Å². The van der Waals surface area contributed by atoms with Gasteiger partial charge in [0.2, 0.25) is 22.8 Å². The van der Waals surface area contributed by atoms with Crippen LogP contribution in [0.1, 0.15) is 65.5 Å². The lowest BCUT2D eigenvalue weighted by Gasteiger charge is -2.27. The highest BCUT2D eigenvalue weighted by Gasteiger charge is 2.52. The topological polar surface area (TPSA) is 383 Å². The molecular weight excluding hydrogens is 939 g/mol. The molecule has 0 bridgehead atoms. The SMILES string of the molecule is CCCCC[C@@H](C/C=C/C(=O)SCCNC(=O)CCNC(O)C(=O)C(C)(C)COP(=O)(O)OP(=O)(O)OC[C@H]1O[C@@H]([n+]2c[nH]c3c(N)ncnc32)[C@H](O)[C@@H]1OP(=O)(O)O)SCC=O. The summed E-state index contributed by atoms with van der Waals surface area (Å²) in [6.07, 6.45) is 2.25. The molecule has 1 aliphatic heterocycles. The second-order valence-electron chi connectivity index (χ2n) is 14.5. The monoisotopic (exact) mass is 994 g/mol. The maximum atomic E-state index is 12.9. The summed E-state index contributed by atoms with van der Waals surface area (Å²) in [7, 11) is -16.4. The molecular formula is C33H55N7O18P3S2+. The number of H-pyrrole nitrogens is 1. The highest BCUT2D eigenvalue weighted by molar-refractivity contribution is 8.14. The van der Waals surface area contributed by atoms with E-state index in [1.807, 2.05) is 0 Å². The highest BCUT2D eigenvalue weighted by atomic mass is 32.2. The Morgan fingerprint density at radius 2 is 1.83 bits per heavy atom. The lowest BCUT2D eigenvalue weighted by molar-refractivity contribution is -0.745. The molecule has 3 heterocycles. The first-order chi connectivity index (χ1) is 29.5. The van der Waals surface area contributed by atoms with Crippen LogP contribution >= 0.6 is 47.0 Å². The van der Waals surface area contributed by atoms with E-state index >= 15 is 0 Å². The number of fused-ring (bicyclic) bond motifs is 1. The van der Waals surface area contributed by atoms with Gasteiger partial charge in [-0.25, -0.2) is 18.3 Å². The number of nitrogen functional groups attached to an aromatic ring is 1. The molecule has 1 amide bonds. The third kappa shape index (κ3) is 18.7. The zero-order valence-corrected chi connectivity index (χ0v) is 38.8. The Balaban J connectivity index is 1.42. The normalized spacial score (nSPS) is 21.2. The number of imidazole rings is 1. The molecule has 356 valence electrons. The number of nitrogens with two attached hydrogens (primary N) is 1.